The first kappa shape index (κ1) is 9.56. The summed E-state index contributed by atoms with van der Waals surface area (Å²) < 4.78 is 17.6. The summed E-state index contributed by atoms with van der Waals surface area (Å²) in [6.45, 7) is -0.209. The Morgan fingerprint density at radius 3 is 2.92 bits per heavy atom. The molecular formula is C10H9FO2. The molecule has 13 heavy (non-hydrogen) atoms. The smallest absolute Gasteiger partial charge is 0.165 e. The summed E-state index contributed by atoms with van der Waals surface area (Å²) in [5.74, 6) is 4.85. The number of aliphatic hydroxyl groups is 1. The van der Waals surface area contributed by atoms with E-state index in [1.54, 1.807) is 0 Å². The van der Waals surface area contributed by atoms with Crippen LogP contribution in [0.1, 0.15) is 5.56 Å². The molecule has 2 nitrogen and oxygen atoms in total. The van der Waals surface area contributed by atoms with Gasteiger partial charge in [0.2, 0.25) is 0 Å². The van der Waals surface area contributed by atoms with E-state index in [1.807, 2.05) is 0 Å². The van der Waals surface area contributed by atoms with Crippen LogP contribution in [0.2, 0.25) is 0 Å². The van der Waals surface area contributed by atoms with Gasteiger partial charge >= 0.3 is 0 Å². The molecule has 0 radical (unpaired) electrons. The van der Waals surface area contributed by atoms with Crippen molar-refractivity contribution < 1.29 is 14.2 Å². The zero-order chi connectivity index (χ0) is 9.68. The molecule has 1 aromatic rings. The number of hydrogen-bond donors (Lipinski definition) is 1. The third-order valence-corrected chi connectivity index (χ3v) is 1.46. The van der Waals surface area contributed by atoms with Crippen molar-refractivity contribution in [3.63, 3.8) is 0 Å². The second-order valence-electron chi connectivity index (χ2n) is 2.31. The minimum absolute atomic E-state index is 0.157. The zero-order valence-electron chi connectivity index (χ0n) is 7.17. The summed E-state index contributed by atoms with van der Waals surface area (Å²) in [4.78, 5) is 0. The quantitative estimate of drug-likeness (QED) is 0.657. The number of aliphatic hydroxyl groups excluding tert-OH is 1. The van der Waals surface area contributed by atoms with Gasteiger partial charge in [-0.15, -0.1) is 0 Å². The Kier molecular flexibility index (Phi) is 3.30. The summed E-state index contributed by atoms with van der Waals surface area (Å²) in [6.07, 6.45) is 0. The molecular weight excluding hydrogens is 171 g/mol. The summed E-state index contributed by atoms with van der Waals surface area (Å²) in [5.41, 5.74) is 0.618. The first-order chi connectivity index (χ1) is 6.27. The van der Waals surface area contributed by atoms with Gasteiger partial charge in [-0.3, -0.25) is 0 Å². The number of benzene rings is 1. The molecule has 0 heterocycles. The molecule has 0 aliphatic heterocycles. The lowest BCUT2D eigenvalue weighted by molar-refractivity contribution is 0.350. The van der Waals surface area contributed by atoms with Gasteiger partial charge in [0.25, 0.3) is 0 Å². The predicted molar refractivity (Wildman–Crippen MR) is 46.9 cm³/mol. The predicted octanol–water partition coefficient (Wildman–Crippen LogP) is 1.18. The highest BCUT2D eigenvalue weighted by Gasteiger charge is 2.00. The van der Waals surface area contributed by atoms with Crippen LogP contribution in [0, 0.1) is 17.7 Å². The van der Waals surface area contributed by atoms with Gasteiger partial charge in [-0.05, 0) is 18.2 Å². The van der Waals surface area contributed by atoms with E-state index in [4.69, 9.17) is 9.84 Å². The van der Waals surface area contributed by atoms with Gasteiger partial charge in [0.05, 0.1) is 7.11 Å². The normalized spacial score (nSPS) is 8.85. The third-order valence-electron chi connectivity index (χ3n) is 1.46. The van der Waals surface area contributed by atoms with Crippen molar-refractivity contribution >= 4 is 0 Å². The molecule has 0 spiro atoms. The Morgan fingerprint density at radius 2 is 2.31 bits per heavy atom. The van der Waals surface area contributed by atoms with E-state index >= 15 is 0 Å². The molecule has 0 atom stereocenters. The monoisotopic (exact) mass is 180 g/mol. The van der Waals surface area contributed by atoms with Gasteiger partial charge in [-0.25, -0.2) is 4.39 Å². The highest BCUT2D eigenvalue weighted by Crippen LogP contribution is 2.17. The van der Waals surface area contributed by atoms with E-state index in [9.17, 15) is 4.39 Å². The van der Waals surface area contributed by atoms with Crippen molar-refractivity contribution in [2.45, 2.75) is 0 Å². The molecule has 0 saturated carbocycles. The van der Waals surface area contributed by atoms with Crippen LogP contribution < -0.4 is 4.74 Å². The Hall–Kier alpha value is -1.53. The molecule has 0 unspecified atom stereocenters. The fraction of sp³-hybridized carbons (Fsp3) is 0.200. The third kappa shape index (κ3) is 2.46. The van der Waals surface area contributed by atoms with Crippen LogP contribution in [0.15, 0.2) is 18.2 Å². The topological polar surface area (TPSA) is 29.5 Å². The van der Waals surface area contributed by atoms with Crippen molar-refractivity contribution in [2.75, 3.05) is 13.7 Å². The second kappa shape index (κ2) is 4.48. The van der Waals surface area contributed by atoms with Crippen molar-refractivity contribution in [1.29, 1.82) is 0 Å². The molecule has 1 N–H and O–H groups in total. The second-order valence-corrected chi connectivity index (χ2v) is 2.31. The lowest BCUT2D eigenvalue weighted by Gasteiger charge is -2.00. The molecule has 0 aliphatic carbocycles. The lowest BCUT2D eigenvalue weighted by atomic mass is 10.2. The van der Waals surface area contributed by atoms with E-state index in [0.717, 1.165) is 0 Å². The van der Waals surface area contributed by atoms with E-state index in [-0.39, 0.29) is 12.4 Å². The highest BCUT2D eigenvalue weighted by atomic mass is 19.1. The molecule has 1 aromatic carbocycles. The first-order valence-electron chi connectivity index (χ1n) is 3.71. The number of halogens is 1. The van der Waals surface area contributed by atoms with Crippen molar-refractivity contribution in [2.24, 2.45) is 0 Å². The van der Waals surface area contributed by atoms with Crippen LogP contribution in [0.25, 0.3) is 0 Å². The van der Waals surface area contributed by atoms with Crippen LogP contribution in [-0.4, -0.2) is 18.8 Å². The molecule has 3 heteroatoms. The zero-order valence-corrected chi connectivity index (χ0v) is 7.17. The first-order valence-corrected chi connectivity index (χ1v) is 3.71. The Bertz CT molecular complexity index is 350. The fourth-order valence-electron chi connectivity index (χ4n) is 0.879. The lowest BCUT2D eigenvalue weighted by Crippen LogP contribution is -1.88. The minimum atomic E-state index is -0.419. The van der Waals surface area contributed by atoms with Gasteiger partial charge in [0.15, 0.2) is 11.6 Å². The largest absolute Gasteiger partial charge is 0.494 e. The summed E-state index contributed by atoms with van der Waals surface area (Å²) in [7, 11) is 1.39. The Balaban J connectivity index is 2.99. The fourth-order valence-corrected chi connectivity index (χ4v) is 0.879. The maximum absolute atomic E-state index is 12.9. The van der Waals surface area contributed by atoms with Crippen LogP contribution in [0.5, 0.6) is 5.75 Å². The van der Waals surface area contributed by atoms with Crippen molar-refractivity contribution in [1.82, 2.24) is 0 Å². The van der Waals surface area contributed by atoms with Crippen LogP contribution in [-0.2, 0) is 0 Å². The van der Waals surface area contributed by atoms with E-state index in [2.05, 4.69) is 11.8 Å². The number of methoxy groups -OCH3 is 1. The number of rotatable bonds is 1. The standard InChI is InChI=1S/C10H9FO2/c1-13-10-7-8(3-2-6-12)4-5-9(10)11/h4-5,7,12H,6H2,1H3. The average Bonchev–Trinajstić information content (AvgIpc) is 2.16. The Morgan fingerprint density at radius 1 is 1.54 bits per heavy atom. The molecule has 0 aliphatic rings. The summed E-state index contributed by atoms with van der Waals surface area (Å²) in [6, 6.07) is 4.29. The van der Waals surface area contributed by atoms with Gasteiger partial charge in [-0.2, -0.15) is 0 Å². The van der Waals surface area contributed by atoms with Gasteiger partial charge in [0.1, 0.15) is 6.61 Å². The SMILES string of the molecule is COc1cc(C#CCO)ccc1F. The molecule has 0 bridgehead atoms. The minimum Gasteiger partial charge on any atom is -0.494 e. The molecule has 0 saturated heterocycles. The molecule has 1 rings (SSSR count). The number of hydrogen-bond acceptors (Lipinski definition) is 2. The molecule has 68 valence electrons. The van der Waals surface area contributed by atoms with Crippen molar-refractivity contribution in [3.05, 3.63) is 29.6 Å². The van der Waals surface area contributed by atoms with Crippen LogP contribution in [0.4, 0.5) is 4.39 Å². The van der Waals surface area contributed by atoms with E-state index in [0.29, 0.717) is 5.56 Å². The maximum Gasteiger partial charge on any atom is 0.165 e. The Labute approximate surface area is 76.0 Å². The van der Waals surface area contributed by atoms with Gasteiger partial charge < -0.3 is 9.84 Å². The summed E-state index contributed by atoms with van der Waals surface area (Å²) >= 11 is 0. The summed E-state index contributed by atoms with van der Waals surface area (Å²) in [5, 5.41) is 8.43. The van der Waals surface area contributed by atoms with Gasteiger partial charge in [0, 0.05) is 5.56 Å². The molecule has 0 amide bonds. The van der Waals surface area contributed by atoms with E-state index < -0.39 is 5.82 Å². The molecule has 0 fully saturated rings. The van der Waals surface area contributed by atoms with Crippen molar-refractivity contribution in [3.8, 4) is 17.6 Å². The number of ether oxygens (including phenoxy) is 1. The maximum atomic E-state index is 12.9. The van der Waals surface area contributed by atoms with Gasteiger partial charge in [-0.1, -0.05) is 11.8 Å². The van der Waals surface area contributed by atoms with E-state index in [1.165, 1.54) is 25.3 Å². The van der Waals surface area contributed by atoms with Crippen LogP contribution in [0.3, 0.4) is 0 Å². The average molecular weight is 180 g/mol. The van der Waals surface area contributed by atoms with Crippen LogP contribution >= 0.6 is 0 Å². The highest BCUT2D eigenvalue weighted by molar-refractivity contribution is 5.40. The molecule has 0 aromatic heterocycles.